The van der Waals surface area contributed by atoms with Gasteiger partial charge in [-0.05, 0) is 78.3 Å². The quantitative estimate of drug-likeness (QED) is 0.296. The van der Waals surface area contributed by atoms with Gasteiger partial charge in [-0.15, -0.1) is 0 Å². The second kappa shape index (κ2) is 9.95. The van der Waals surface area contributed by atoms with E-state index in [1.54, 1.807) is 0 Å². The van der Waals surface area contributed by atoms with Crippen molar-refractivity contribution in [1.29, 1.82) is 0 Å². The van der Waals surface area contributed by atoms with Crippen LogP contribution in [0.1, 0.15) is 32.3 Å². The number of likely N-dealkylation sites (tertiary alicyclic amines) is 1. The van der Waals surface area contributed by atoms with Crippen LogP contribution in [0.2, 0.25) is 0 Å². The molecule has 0 saturated carbocycles. The van der Waals surface area contributed by atoms with Crippen LogP contribution in [-0.4, -0.2) is 41.5 Å². The maximum absolute atomic E-state index is 11.6. The summed E-state index contributed by atoms with van der Waals surface area (Å²) in [6.07, 6.45) is 1.98. The fourth-order valence-electron chi connectivity index (χ4n) is 3.96. The first-order valence-electron chi connectivity index (χ1n) is 10.8. The molecular weight excluding hydrogens is 521 g/mol. The lowest BCUT2D eigenvalue weighted by molar-refractivity contribution is -0.114. The number of benzene rings is 2. The molecule has 9 heteroatoms. The maximum Gasteiger partial charge on any atom is 0.295 e. The molecule has 0 unspecified atom stereocenters. The van der Waals surface area contributed by atoms with Gasteiger partial charge in [-0.2, -0.15) is 4.98 Å². The number of halogens is 1. The van der Waals surface area contributed by atoms with Gasteiger partial charge in [-0.3, -0.25) is 9.69 Å². The lowest BCUT2D eigenvalue weighted by atomic mass is 10.0. The Hall–Kier alpha value is -2.53. The molecular formula is C23H28IN5O3. The second-order valence-corrected chi connectivity index (χ2v) is 9.09. The highest BCUT2D eigenvalue weighted by molar-refractivity contribution is 14.1. The smallest absolute Gasteiger partial charge is 0.295 e. The van der Waals surface area contributed by atoms with Gasteiger partial charge in [0.05, 0.1) is 15.9 Å². The number of aromatic nitrogens is 1. The number of nitrogen functional groups attached to an aromatic ring is 1. The average molecular weight is 549 g/mol. The number of piperidine rings is 1. The topological polar surface area (TPSA) is 106 Å². The summed E-state index contributed by atoms with van der Waals surface area (Å²) in [5.74, 6) is 0.721. The van der Waals surface area contributed by atoms with E-state index in [4.69, 9.17) is 14.9 Å². The summed E-state index contributed by atoms with van der Waals surface area (Å²) in [6.45, 7) is 6.78. The van der Waals surface area contributed by atoms with Crippen molar-refractivity contribution in [2.75, 3.05) is 36.1 Å². The van der Waals surface area contributed by atoms with E-state index in [9.17, 15) is 4.79 Å². The molecule has 2 heterocycles. The van der Waals surface area contributed by atoms with E-state index in [-0.39, 0.29) is 5.91 Å². The van der Waals surface area contributed by atoms with Crippen LogP contribution >= 0.6 is 22.6 Å². The predicted molar refractivity (Wildman–Crippen MR) is 135 cm³/mol. The van der Waals surface area contributed by atoms with Crippen molar-refractivity contribution >= 4 is 57.0 Å². The number of rotatable bonds is 7. The number of amides is 1. The molecule has 0 bridgehead atoms. The van der Waals surface area contributed by atoms with Gasteiger partial charge in [0, 0.05) is 38.3 Å². The predicted octanol–water partition coefficient (Wildman–Crippen LogP) is 4.45. The zero-order valence-corrected chi connectivity index (χ0v) is 20.4. The van der Waals surface area contributed by atoms with Gasteiger partial charge in [0.1, 0.15) is 11.3 Å². The molecule has 1 saturated heterocycles. The monoisotopic (exact) mass is 549 g/mol. The molecule has 0 spiro atoms. The second-order valence-electron chi connectivity index (χ2n) is 8.01. The SMILES string of the molecule is CCOc1cc(CN2CCC(Nc3nc4cc(N)ccc4o3)CC2)cc(NC(C)=O)c1I. The summed E-state index contributed by atoms with van der Waals surface area (Å²) >= 11 is 2.22. The molecule has 0 radical (unpaired) electrons. The zero-order valence-electron chi connectivity index (χ0n) is 18.3. The molecule has 1 aliphatic heterocycles. The minimum Gasteiger partial charge on any atom is -0.493 e. The number of anilines is 3. The van der Waals surface area contributed by atoms with E-state index in [0.717, 1.165) is 64.1 Å². The van der Waals surface area contributed by atoms with Gasteiger partial charge in [0.2, 0.25) is 5.91 Å². The maximum atomic E-state index is 11.6. The van der Waals surface area contributed by atoms with Crippen molar-refractivity contribution in [1.82, 2.24) is 9.88 Å². The van der Waals surface area contributed by atoms with Crippen LogP contribution in [0.25, 0.3) is 11.1 Å². The van der Waals surface area contributed by atoms with Crippen LogP contribution in [-0.2, 0) is 11.3 Å². The first-order chi connectivity index (χ1) is 15.4. The molecule has 0 aliphatic carbocycles. The van der Waals surface area contributed by atoms with Gasteiger partial charge in [0.25, 0.3) is 6.01 Å². The normalized spacial score (nSPS) is 15.1. The van der Waals surface area contributed by atoms with Crippen molar-refractivity contribution in [3.05, 3.63) is 39.5 Å². The molecule has 1 aliphatic rings. The Morgan fingerprint density at radius 2 is 2.09 bits per heavy atom. The van der Waals surface area contributed by atoms with Crippen molar-refractivity contribution in [3.63, 3.8) is 0 Å². The number of nitrogens with zero attached hydrogens (tertiary/aromatic N) is 2. The Bertz CT molecular complexity index is 1110. The van der Waals surface area contributed by atoms with Crippen LogP contribution in [0.4, 0.5) is 17.4 Å². The number of hydrogen-bond acceptors (Lipinski definition) is 7. The summed E-state index contributed by atoms with van der Waals surface area (Å²) in [6, 6.07) is 10.4. The van der Waals surface area contributed by atoms with Crippen molar-refractivity contribution < 1.29 is 13.9 Å². The van der Waals surface area contributed by atoms with Crippen LogP contribution in [0.3, 0.4) is 0 Å². The van der Waals surface area contributed by atoms with E-state index in [1.807, 2.05) is 31.2 Å². The van der Waals surface area contributed by atoms with Crippen LogP contribution < -0.4 is 21.1 Å². The first kappa shape index (κ1) is 22.7. The van der Waals surface area contributed by atoms with Gasteiger partial charge in [-0.25, -0.2) is 0 Å². The van der Waals surface area contributed by atoms with Gasteiger partial charge in [-0.1, -0.05) is 0 Å². The summed E-state index contributed by atoms with van der Waals surface area (Å²) < 4.78 is 12.5. The Kier molecular flexibility index (Phi) is 7.04. The van der Waals surface area contributed by atoms with Crippen molar-refractivity contribution in [2.45, 2.75) is 39.3 Å². The molecule has 1 fully saturated rings. The molecule has 4 N–H and O–H groups in total. The highest BCUT2D eigenvalue weighted by Gasteiger charge is 2.22. The van der Waals surface area contributed by atoms with E-state index < -0.39 is 0 Å². The lowest BCUT2D eigenvalue weighted by Gasteiger charge is -2.32. The summed E-state index contributed by atoms with van der Waals surface area (Å²) in [5, 5.41) is 6.34. The van der Waals surface area contributed by atoms with E-state index in [1.165, 1.54) is 6.92 Å². The number of nitrogens with one attached hydrogen (secondary N) is 2. The molecule has 0 atom stereocenters. The van der Waals surface area contributed by atoms with Gasteiger partial charge < -0.3 is 25.5 Å². The number of hydrogen-bond donors (Lipinski definition) is 3. The summed E-state index contributed by atoms with van der Waals surface area (Å²) in [5.41, 5.74) is 9.93. The molecule has 4 rings (SSSR count). The Morgan fingerprint density at radius 3 is 2.81 bits per heavy atom. The van der Waals surface area contributed by atoms with E-state index >= 15 is 0 Å². The number of carbonyl (C=O) groups excluding carboxylic acids is 1. The van der Waals surface area contributed by atoms with Crippen LogP contribution in [0.15, 0.2) is 34.7 Å². The number of fused-ring (bicyclic) bond motifs is 1. The average Bonchev–Trinajstić information content (AvgIpc) is 3.14. The summed E-state index contributed by atoms with van der Waals surface area (Å²) in [4.78, 5) is 18.5. The fourth-order valence-corrected chi connectivity index (χ4v) is 4.56. The fraction of sp³-hybridized carbons (Fsp3) is 0.391. The third-order valence-corrected chi connectivity index (χ3v) is 6.56. The lowest BCUT2D eigenvalue weighted by Crippen LogP contribution is -2.38. The number of nitrogens with two attached hydrogens (primary N) is 1. The van der Waals surface area contributed by atoms with Crippen LogP contribution in [0, 0.1) is 3.57 Å². The third kappa shape index (κ3) is 5.44. The van der Waals surface area contributed by atoms with Gasteiger partial charge in [0.15, 0.2) is 5.58 Å². The largest absolute Gasteiger partial charge is 0.493 e. The minimum atomic E-state index is -0.0868. The van der Waals surface area contributed by atoms with Crippen molar-refractivity contribution in [3.8, 4) is 5.75 Å². The molecule has 170 valence electrons. The molecule has 2 aromatic carbocycles. The summed E-state index contributed by atoms with van der Waals surface area (Å²) in [7, 11) is 0. The molecule has 3 aromatic rings. The molecule has 32 heavy (non-hydrogen) atoms. The minimum absolute atomic E-state index is 0.0868. The number of ether oxygens (including phenoxy) is 1. The molecule has 1 amide bonds. The Labute approximate surface area is 201 Å². The third-order valence-electron chi connectivity index (χ3n) is 5.44. The van der Waals surface area contributed by atoms with E-state index in [0.29, 0.717) is 24.4 Å². The number of oxazole rings is 1. The van der Waals surface area contributed by atoms with Gasteiger partial charge >= 0.3 is 0 Å². The molecule has 1 aromatic heterocycles. The Balaban J connectivity index is 1.37. The molecule has 8 nitrogen and oxygen atoms in total. The standard InChI is InChI=1S/C23H28IN5O3/c1-3-31-21-11-15(10-19(22(21)24)26-14(2)30)13-29-8-6-17(7-9-29)27-23-28-18-12-16(25)4-5-20(18)32-23/h4-5,10-12,17H,3,6-9,13,25H2,1-2H3,(H,26,30)(H,27,28). The van der Waals surface area contributed by atoms with Crippen molar-refractivity contribution in [2.24, 2.45) is 0 Å². The van der Waals surface area contributed by atoms with E-state index in [2.05, 4.69) is 49.2 Å². The highest BCUT2D eigenvalue weighted by atomic mass is 127. The number of carbonyl (C=O) groups is 1. The highest BCUT2D eigenvalue weighted by Crippen LogP contribution is 2.32. The Morgan fingerprint density at radius 1 is 1.31 bits per heavy atom. The van der Waals surface area contributed by atoms with Crippen LogP contribution in [0.5, 0.6) is 5.75 Å². The first-order valence-corrected chi connectivity index (χ1v) is 11.9. The zero-order chi connectivity index (χ0) is 22.7.